The molecule has 1 aromatic carbocycles. The molecule has 1 heterocycles. The third-order valence-corrected chi connectivity index (χ3v) is 2.50. The van der Waals surface area contributed by atoms with Crippen LogP contribution in [0.5, 0.6) is 0 Å². The second-order valence-corrected chi connectivity index (χ2v) is 4.01. The molecular formula is C11H8ClF3N2. The van der Waals surface area contributed by atoms with Gasteiger partial charge in [0.25, 0.3) is 0 Å². The van der Waals surface area contributed by atoms with Gasteiger partial charge in [-0.2, -0.15) is 18.3 Å². The second-order valence-electron chi connectivity index (χ2n) is 3.57. The first kappa shape index (κ1) is 12.0. The zero-order chi connectivity index (χ0) is 12.6. The van der Waals surface area contributed by atoms with Crippen LogP contribution in [0, 0.1) is 0 Å². The minimum absolute atomic E-state index is 0.0864. The van der Waals surface area contributed by atoms with E-state index in [1.165, 1.54) is 31.3 Å². The van der Waals surface area contributed by atoms with Crippen molar-refractivity contribution >= 4 is 11.6 Å². The van der Waals surface area contributed by atoms with E-state index in [1.54, 1.807) is 0 Å². The van der Waals surface area contributed by atoms with Gasteiger partial charge in [-0.05, 0) is 12.1 Å². The van der Waals surface area contributed by atoms with Gasteiger partial charge in [-0.15, -0.1) is 0 Å². The van der Waals surface area contributed by atoms with Gasteiger partial charge in [0.05, 0.1) is 0 Å². The van der Waals surface area contributed by atoms with E-state index in [4.69, 9.17) is 11.6 Å². The van der Waals surface area contributed by atoms with E-state index in [0.717, 1.165) is 10.9 Å². The Morgan fingerprint density at radius 3 is 2.29 bits per heavy atom. The second kappa shape index (κ2) is 4.07. The van der Waals surface area contributed by atoms with Gasteiger partial charge in [-0.1, -0.05) is 23.7 Å². The van der Waals surface area contributed by atoms with Crippen molar-refractivity contribution in [3.63, 3.8) is 0 Å². The summed E-state index contributed by atoms with van der Waals surface area (Å²) >= 11 is 5.69. The third-order valence-electron chi connectivity index (χ3n) is 2.25. The molecule has 2 rings (SSSR count). The fraction of sp³-hybridized carbons (Fsp3) is 0.182. The summed E-state index contributed by atoms with van der Waals surface area (Å²) in [6, 6.07) is 6.09. The highest BCUT2D eigenvalue weighted by Crippen LogP contribution is 2.36. The standard InChI is InChI=1S/C11H8ClF3N2/c1-17-6-9(11(13,14)15)10(16-17)7-2-4-8(12)5-3-7/h2-6H,1H3. The Hall–Kier alpha value is -1.49. The number of hydrogen-bond donors (Lipinski definition) is 0. The van der Waals surface area contributed by atoms with Crippen molar-refractivity contribution < 1.29 is 13.2 Å². The van der Waals surface area contributed by atoms with Gasteiger partial charge in [0.1, 0.15) is 11.3 Å². The molecule has 0 saturated heterocycles. The molecule has 0 aliphatic carbocycles. The molecule has 0 atom stereocenters. The largest absolute Gasteiger partial charge is 0.420 e. The molecule has 0 fully saturated rings. The van der Waals surface area contributed by atoms with E-state index >= 15 is 0 Å². The molecule has 1 aromatic heterocycles. The average Bonchev–Trinajstić information content (AvgIpc) is 2.61. The van der Waals surface area contributed by atoms with Gasteiger partial charge < -0.3 is 0 Å². The van der Waals surface area contributed by atoms with Crippen LogP contribution in [0.2, 0.25) is 5.02 Å². The molecule has 0 spiro atoms. The number of halogens is 4. The van der Waals surface area contributed by atoms with Crippen LogP contribution >= 0.6 is 11.6 Å². The number of hydrogen-bond acceptors (Lipinski definition) is 1. The minimum atomic E-state index is -4.41. The summed E-state index contributed by atoms with van der Waals surface area (Å²) in [6.45, 7) is 0. The topological polar surface area (TPSA) is 17.8 Å². The highest BCUT2D eigenvalue weighted by molar-refractivity contribution is 6.30. The fourth-order valence-corrected chi connectivity index (χ4v) is 1.64. The molecule has 2 nitrogen and oxygen atoms in total. The number of aryl methyl sites for hydroxylation is 1. The summed E-state index contributed by atoms with van der Waals surface area (Å²) in [7, 11) is 1.45. The Labute approximate surface area is 101 Å². The number of rotatable bonds is 1. The first-order chi connectivity index (χ1) is 7.88. The Kier molecular flexibility index (Phi) is 2.87. The molecule has 0 aliphatic heterocycles. The van der Waals surface area contributed by atoms with Gasteiger partial charge >= 0.3 is 6.18 Å². The van der Waals surface area contributed by atoms with Crippen LogP contribution in [-0.4, -0.2) is 9.78 Å². The van der Waals surface area contributed by atoms with Crippen LogP contribution in [-0.2, 0) is 13.2 Å². The summed E-state index contributed by atoms with van der Waals surface area (Å²) in [6.07, 6.45) is -3.45. The van der Waals surface area contributed by atoms with E-state index in [2.05, 4.69) is 5.10 Å². The molecule has 6 heteroatoms. The van der Waals surface area contributed by atoms with Gasteiger partial charge in [0, 0.05) is 23.8 Å². The summed E-state index contributed by atoms with van der Waals surface area (Å²) in [5, 5.41) is 4.30. The van der Waals surface area contributed by atoms with E-state index in [0.29, 0.717) is 10.6 Å². The van der Waals surface area contributed by atoms with Crippen LogP contribution in [0.15, 0.2) is 30.5 Å². The highest BCUT2D eigenvalue weighted by Gasteiger charge is 2.36. The monoisotopic (exact) mass is 260 g/mol. The molecule has 0 N–H and O–H groups in total. The van der Waals surface area contributed by atoms with Crippen molar-refractivity contribution in [2.45, 2.75) is 6.18 Å². The first-order valence-electron chi connectivity index (χ1n) is 4.74. The van der Waals surface area contributed by atoms with Crippen LogP contribution in [0.4, 0.5) is 13.2 Å². The normalized spacial score (nSPS) is 11.8. The lowest BCUT2D eigenvalue weighted by Gasteiger charge is -2.06. The minimum Gasteiger partial charge on any atom is -0.275 e. The molecule has 0 radical (unpaired) electrons. The van der Waals surface area contributed by atoms with Crippen LogP contribution < -0.4 is 0 Å². The Morgan fingerprint density at radius 1 is 1.18 bits per heavy atom. The fourth-order valence-electron chi connectivity index (χ4n) is 1.52. The maximum atomic E-state index is 12.7. The van der Waals surface area contributed by atoms with Gasteiger partial charge in [0.15, 0.2) is 0 Å². The lowest BCUT2D eigenvalue weighted by atomic mass is 10.1. The SMILES string of the molecule is Cn1cc(C(F)(F)F)c(-c2ccc(Cl)cc2)n1. The van der Waals surface area contributed by atoms with Gasteiger partial charge in [-0.25, -0.2) is 0 Å². The van der Waals surface area contributed by atoms with Crippen LogP contribution in [0.25, 0.3) is 11.3 Å². The molecule has 17 heavy (non-hydrogen) atoms. The molecule has 0 aliphatic rings. The quantitative estimate of drug-likeness (QED) is 0.763. The summed E-state index contributed by atoms with van der Waals surface area (Å²) in [5.74, 6) is 0. The lowest BCUT2D eigenvalue weighted by molar-refractivity contribution is -0.137. The van der Waals surface area contributed by atoms with E-state index < -0.39 is 11.7 Å². The first-order valence-corrected chi connectivity index (χ1v) is 5.12. The predicted molar refractivity (Wildman–Crippen MR) is 58.7 cm³/mol. The van der Waals surface area contributed by atoms with Crippen molar-refractivity contribution in [2.75, 3.05) is 0 Å². The summed E-state index contributed by atoms with van der Waals surface area (Å²) < 4.78 is 39.4. The van der Waals surface area contributed by atoms with E-state index in [-0.39, 0.29) is 5.69 Å². The number of aromatic nitrogens is 2. The smallest absolute Gasteiger partial charge is 0.275 e. The molecule has 2 aromatic rings. The zero-order valence-electron chi connectivity index (χ0n) is 8.79. The third kappa shape index (κ3) is 2.44. The summed E-state index contributed by atoms with van der Waals surface area (Å²) in [4.78, 5) is 0. The van der Waals surface area contributed by atoms with Crippen molar-refractivity contribution in [3.05, 3.63) is 41.0 Å². The zero-order valence-corrected chi connectivity index (χ0v) is 9.55. The Bertz CT molecular complexity index is 529. The molecule has 0 saturated carbocycles. The number of alkyl halides is 3. The maximum absolute atomic E-state index is 12.7. The van der Waals surface area contributed by atoms with Crippen molar-refractivity contribution in [1.82, 2.24) is 9.78 Å². The van der Waals surface area contributed by atoms with Crippen molar-refractivity contribution in [1.29, 1.82) is 0 Å². The number of benzene rings is 1. The van der Waals surface area contributed by atoms with E-state index in [1.807, 2.05) is 0 Å². The Balaban J connectivity index is 2.55. The van der Waals surface area contributed by atoms with Crippen LogP contribution in [0.1, 0.15) is 5.56 Å². The predicted octanol–water partition coefficient (Wildman–Crippen LogP) is 3.76. The van der Waals surface area contributed by atoms with Crippen molar-refractivity contribution in [3.8, 4) is 11.3 Å². The molecule has 0 bridgehead atoms. The summed E-state index contributed by atoms with van der Waals surface area (Å²) in [5.41, 5.74) is -0.443. The van der Waals surface area contributed by atoms with Crippen LogP contribution in [0.3, 0.4) is 0 Å². The maximum Gasteiger partial charge on any atom is 0.420 e. The lowest BCUT2D eigenvalue weighted by Crippen LogP contribution is -2.05. The molecular weight excluding hydrogens is 253 g/mol. The molecule has 0 amide bonds. The van der Waals surface area contributed by atoms with Gasteiger partial charge in [0.2, 0.25) is 0 Å². The Morgan fingerprint density at radius 2 is 1.76 bits per heavy atom. The molecule has 90 valence electrons. The number of nitrogens with zero attached hydrogens (tertiary/aromatic N) is 2. The van der Waals surface area contributed by atoms with Gasteiger partial charge in [-0.3, -0.25) is 4.68 Å². The average molecular weight is 261 g/mol. The van der Waals surface area contributed by atoms with E-state index in [9.17, 15) is 13.2 Å². The molecule has 0 unspecified atom stereocenters. The highest BCUT2D eigenvalue weighted by atomic mass is 35.5. The van der Waals surface area contributed by atoms with Crippen molar-refractivity contribution in [2.24, 2.45) is 7.05 Å².